The van der Waals surface area contributed by atoms with Crippen molar-refractivity contribution in [2.24, 2.45) is 10.7 Å². The van der Waals surface area contributed by atoms with Gasteiger partial charge in [-0.25, -0.2) is 0 Å². The summed E-state index contributed by atoms with van der Waals surface area (Å²) in [6.07, 6.45) is 0.509. The minimum Gasteiger partial charge on any atom is -0.369 e. The van der Waals surface area contributed by atoms with Crippen molar-refractivity contribution in [1.82, 2.24) is 15.6 Å². The van der Waals surface area contributed by atoms with Crippen LogP contribution in [0.3, 0.4) is 0 Å². The molecule has 0 atom stereocenters. The maximum atomic E-state index is 12.3. The summed E-state index contributed by atoms with van der Waals surface area (Å²) in [5, 5.41) is 6.52. The Kier molecular flexibility index (Phi) is 3.02. The molecule has 5 N–H and O–H groups in total. The van der Waals surface area contributed by atoms with Crippen LogP contribution in [0.15, 0.2) is 33.4 Å². The zero-order valence-electron chi connectivity index (χ0n) is 11.9. The molecule has 2 amide bonds. The van der Waals surface area contributed by atoms with E-state index in [0.717, 1.165) is 26.5 Å². The van der Waals surface area contributed by atoms with Crippen LogP contribution in [0.2, 0.25) is 0 Å². The number of nitrogens with zero attached hydrogens (tertiary/aromatic N) is 1. The molecule has 0 saturated carbocycles. The average Bonchev–Trinajstić information content (AvgIpc) is 2.98. The predicted molar refractivity (Wildman–Crippen MR) is 89.6 cm³/mol. The fraction of sp³-hybridized carbons (Fsp3) is 0.133. The molecule has 2 aromatic rings. The van der Waals surface area contributed by atoms with Crippen molar-refractivity contribution in [2.45, 2.75) is 6.42 Å². The van der Waals surface area contributed by atoms with Crippen molar-refractivity contribution in [1.29, 1.82) is 0 Å². The van der Waals surface area contributed by atoms with Gasteiger partial charge in [-0.1, -0.05) is 15.9 Å². The molecule has 0 fully saturated rings. The second-order valence-electron chi connectivity index (χ2n) is 5.35. The van der Waals surface area contributed by atoms with Crippen molar-refractivity contribution in [3.8, 4) is 0 Å². The van der Waals surface area contributed by atoms with E-state index in [2.05, 4.69) is 36.5 Å². The highest BCUT2D eigenvalue weighted by molar-refractivity contribution is 9.10. The molecule has 1 aromatic heterocycles. The van der Waals surface area contributed by atoms with Crippen molar-refractivity contribution in [2.75, 3.05) is 6.54 Å². The maximum absolute atomic E-state index is 12.3. The van der Waals surface area contributed by atoms with E-state index in [-0.39, 0.29) is 11.9 Å². The third-order valence-electron chi connectivity index (χ3n) is 3.94. The van der Waals surface area contributed by atoms with Crippen LogP contribution in [0.25, 0.3) is 16.5 Å². The Balaban J connectivity index is 2.05. The molecule has 0 unspecified atom stereocenters. The number of hydrogen-bond donors (Lipinski definition) is 4. The SMILES string of the molecule is NC1=NC(=O)C(=C2CCNC(=O)c3[nH]c4ccc(Br)cc4c32)N1. The van der Waals surface area contributed by atoms with Gasteiger partial charge in [0.1, 0.15) is 11.4 Å². The number of nitrogens with two attached hydrogens (primary N) is 1. The van der Waals surface area contributed by atoms with E-state index in [1.807, 2.05) is 18.2 Å². The molecule has 23 heavy (non-hydrogen) atoms. The van der Waals surface area contributed by atoms with Gasteiger partial charge in [-0.3, -0.25) is 9.59 Å². The first-order valence-electron chi connectivity index (χ1n) is 7.03. The molecule has 4 rings (SSSR count). The molecule has 2 aliphatic rings. The largest absolute Gasteiger partial charge is 0.369 e. The highest BCUT2D eigenvalue weighted by Crippen LogP contribution is 2.35. The summed E-state index contributed by atoms with van der Waals surface area (Å²) >= 11 is 3.45. The summed E-state index contributed by atoms with van der Waals surface area (Å²) in [5.74, 6) is -0.534. The number of aliphatic imine (C=N–C) groups is 1. The molecule has 0 radical (unpaired) electrons. The van der Waals surface area contributed by atoms with Crippen LogP contribution in [0.5, 0.6) is 0 Å². The maximum Gasteiger partial charge on any atom is 0.296 e. The second kappa shape index (κ2) is 4.95. The lowest BCUT2D eigenvalue weighted by atomic mass is 9.97. The number of nitrogens with one attached hydrogen (secondary N) is 3. The number of aromatic nitrogens is 1. The first-order chi connectivity index (χ1) is 11.0. The first kappa shape index (κ1) is 14.0. The highest BCUT2D eigenvalue weighted by atomic mass is 79.9. The Morgan fingerprint density at radius 2 is 2.09 bits per heavy atom. The molecule has 0 aliphatic carbocycles. The number of aromatic amines is 1. The number of guanidine groups is 1. The molecule has 7 nitrogen and oxygen atoms in total. The number of benzene rings is 1. The van der Waals surface area contributed by atoms with Gasteiger partial charge >= 0.3 is 0 Å². The standard InChI is InChI=1S/C15H12BrN5O2/c16-6-1-2-9-8(5-6)10-7(11-14(23)21-15(17)20-11)3-4-18-13(22)12(10)19-9/h1-2,5,19H,3-4H2,(H,18,22)(H3,17,20,21,23). The molecule has 0 bridgehead atoms. The van der Waals surface area contributed by atoms with Gasteiger partial charge in [0, 0.05) is 27.5 Å². The van der Waals surface area contributed by atoms with E-state index in [1.54, 1.807) is 0 Å². The molecule has 0 spiro atoms. The third-order valence-corrected chi connectivity index (χ3v) is 4.43. The number of halogens is 1. The number of hydrogen-bond acceptors (Lipinski definition) is 4. The minimum atomic E-state index is -0.415. The third kappa shape index (κ3) is 2.14. The lowest BCUT2D eigenvalue weighted by Gasteiger charge is -2.09. The molecule has 8 heteroatoms. The Labute approximate surface area is 139 Å². The van der Waals surface area contributed by atoms with E-state index in [1.165, 1.54) is 0 Å². The molecular formula is C15H12BrN5O2. The predicted octanol–water partition coefficient (Wildman–Crippen LogP) is 1.22. The Morgan fingerprint density at radius 3 is 2.83 bits per heavy atom. The van der Waals surface area contributed by atoms with Gasteiger partial charge in [0.2, 0.25) is 5.96 Å². The summed E-state index contributed by atoms with van der Waals surface area (Å²) in [6, 6.07) is 5.70. The van der Waals surface area contributed by atoms with Crippen LogP contribution >= 0.6 is 15.9 Å². The lowest BCUT2D eigenvalue weighted by molar-refractivity contribution is -0.114. The lowest BCUT2D eigenvalue weighted by Crippen LogP contribution is -2.26. The quantitative estimate of drug-likeness (QED) is 0.520. The zero-order valence-corrected chi connectivity index (χ0v) is 13.5. The molecule has 1 aromatic carbocycles. The number of H-pyrrole nitrogens is 1. The van der Waals surface area contributed by atoms with Gasteiger partial charge in [-0.05, 0) is 30.2 Å². The summed E-state index contributed by atoms with van der Waals surface area (Å²) in [6.45, 7) is 0.435. The van der Waals surface area contributed by atoms with Gasteiger partial charge in [-0.2, -0.15) is 4.99 Å². The van der Waals surface area contributed by atoms with Crippen molar-refractivity contribution in [3.63, 3.8) is 0 Å². The number of amides is 2. The number of carbonyl (C=O) groups is 2. The van der Waals surface area contributed by atoms with Gasteiger partial charge in [-0.15, -0.1) is 0 Å². The van der Waals surface area contributed by atoms with Crippen LogP contribution < -0.4 is 16.4 Å². The number of carbonyl (C=O) groups excluding carboxylic acids is 2. The fourth-order valence-electron chi connectivity index (χ4n) is 2.99. The van der Waals surface area contributed by atoms with Crippen LogP contribution in [-0.2, 0) is 4.79 Å². The zero-order chi connectivity index (χ0) is 16.1. The van der Waals surface area contributed by atoms with Crippen LogP contribution in [0.4, 0.5) is 0 Å². The fourth-order valence-corrected chi connectivity index (χ4v) is 3.35. The Hall–Kier alpha value is -2.61. The molecular weight excluding hydrogens is 362 g/mol. The van der Waals surface area contributed by atoms with E-state index < -0.39 is 5.91 Å². The van der Waals surface area contributed by atoms with Crippen molar-refractivity contribution < 1.29 is 9.59 Å². The number of fused-ring (bicyclic) bond motifs is 3. The molecule has 116 valence electrons. The Morgan fingerprint density at radius 1 is 1.26 bits per heavy atom. The summed E-state index contributed by atoms with van der Waals surface area (Å²) < 4.78 is 0.891. The second-order valence-corrected chi connectivity index (χ2v) is 6.27. The monoisotopic (exact) mass is 373 g/mol. The smallest absolute Gasteiger partial charge is 0.296 e. The van der Waals surface area contributed by atoms with Crippen LogP contribution in [0.1, 0.15) is 22.5 Å². The van der Waals surface area contributed by atoms with E-state index >= 15 is 0 Å². The van der Waals surface area contributed by atoms with Crippen LogP contribution in [0, 0.1) is 0 Å². The number of rotatable bonds is 0. The van der Waals surface area contributed by atoms with E-state index in [0.29, 0.717) is 24.4 Å². The van der Waals surface area contributed by atoms with E-state index in [9.17, 15) is 9.59 Å². The summed E-state index contributed by atoms with van der Waals surface area (Å²) in [4.78, 5) is 31.3. The van der Waals surface area contributed by atoms with Gasteiger partial charge in [0.05, 0.1) is 0 Å². The minimum absolute atomic E-state index is 0.0728. The van der Waals surface area contributed by atoms with Crippen LogP contribution in [-0.4, -0.2) is 29.3 Å². The summed E-state index contributed by atoms with van der Waals surface area (Å²) in [5.41, 5.74) is 8.66. The van der Waals surface area contributed by atoms with Gasteiger partial charge in [0.25, 0.3) is 11.8 Å². The first-order valence-corrected chi connectivity index (χ1v) is 7.82. The molecule has 0 saturated heterocycles. The van der Waals surface area contributed by atoms with Gasteiger partial charge in [0.15, 0.2) is 0 Å². The Bertz CT molecular complexity index is 941. The molecule has 3 heterocycles. The normalized spacial score (nSPS) is 20.8. The van der Waals surface area contributed by atoms with Gasteiger partial charge < -0.3 is 21.4 Å². The topological polar surface area (TPSA) is 112 Å². The summed E-state index contributed by atoms with van der Waals surface area (Å²) in [7, 11) is 0. The van der Waals surface area contributed by atoms with Crippen molar-refractivity contribution in [3.05, 3.63) is 39.6 Å². The average molecular weight is 374 g/mol. The van der Waals surface area contributed by atoms with Crippen molar-refractivity contribution >= 4 is 50.2 Å². The highest BCUT2D eigenvalue weighted by Gasteiger charge is 2.30. The molecule has 2 aliphatic heterocycles. The van der Waals surface area contributed by atoms with E-state index in [4.69, 9.17) is 5.73 Å².